The number of carbonyl (C=O) groups excluding carboxylic acids is 2. The van der Waals surface area contributed by atoms with E-state index in [0.717, 1.165) is 16.9 Å². The molecule has 3 N–H and O–H groups in total. The maximum absolute atomic E-state index is 11.6. The molecule has 1 aromatic rings. The van der Waals surface area contributed by atoms with Gasteiger partial charge in [0, 0.05) is 32.3 Å². The third-order valence-corrected chi connectivity index (χ3v) is 4.08. The number of aryl methyl sites for hydroxylation is 1. The Labute approximate surface area is 165 Å². The SMILES string of the molecule is CCNC(=NCc1ccc(C)cc1OCCOC)NCCN1C(=O)CNC1=O. The van der Waals surface area contributed by atoms with Crippen LogP contribution in [0.2, 0.25) is 0 Å². The lowest BCUT2D eigenvalue weighted by Gasteiger charge is -2.16. The predicted octanol–water partition coefficient (Wildman–Crippen LogP) is 0.627. The van der Waals surface area contributed by atoms with Crippen LogP contribution in [-0.2, 0) is 16.1 Å². The number of rotatable bonds is 10. The van der Waals surface area contributed by atoms with Crippen molar-refractivity contribution in [1.82, 2.24) is 20.9 Å². The Morgan fingerprint density at radius 3 is 2.79 bits per heavy atom. The lowest BCUT2D eigenvalue weighted by Crippen LogP contribution is -2.43. The molecule has 0 unspecified atom stereocenters. The number of urea groups is 1. The molecule has 1 saturated heterocycles. The molecule has 9 nitrogen and oxygen atoms in total. The molecule has 0 aliphatic carbocycles. The lowest BCUT2D eigenvalue weighted by atomic mass is 10.1. The van der Waals surface area contributed by atoms with E-state index in [4.69, 9.17) is 9.47 Å². The summed E-state index contributed by atoms with van der Waals surface area (Å²) >= 11 is 0. The first-order chi connectivity index (χ1) is 13.5. The standard InChI is InChI=1S/C19H29N5O4/c1-4-20-18(21-7-8-24-17(25)13-23-19(24)26)22-12-15-6-5-14(2)11-16(15)28-10-9-27-3/h5-6,11H,4,7-10,12-13H2,1-3H3,(H,23,26)(H2,20,21,22). The summed E-state index contributed by atoms with van der Waals surface area (Å²) in [7, 11) is 1.64. The molecule has 0 saturated carbocycles. The first kappa shape index (κ1) is 21.5. The van der Waals surface area contributed by atoms with Crippen LogP contribution in [0.4, 0.5) is 4.79 Å². The van der Waals surface area contributed by atoms with Gasteiger partial charge in [-0.15, -0.1) is 0 Å². The number of ether oxygens (including phenoxy) is 2. The Kier molecular flexibility index (Phi) is 8.54. The summed E-state index contributed by atoms with van der Waals surface area (Å²) in [5.41, 5.74) is 2.08. The van der Waals surface area contributed by atoms with Gasteiger partial charge in [-0.25, -0.2) is 9.79 Å². The molecule has 0 bridgehead atoms. The van der Waals surface area contributed by atoms with Crippen LogP contribution < -0.4 is 20.7 Å². The smallest absolute Gasteiger partial charge is 0.324 e. The molecule has 1 fully saturated rings. The first-order valence-electron chi connectivity index (χ1n) is 9.36. The van der Waals surface area contributed by atoms with Crippen LogP contribution in [0.15, 0.2) is 23.2 Å². The van der Waals surface area contributed by atoms with E-state index >= 15 is 0 Å². The number of guanidine groups is 1. The Balaban J connectivity index is 1.96. The number of carbonyl (C=O) groups is 2. The van der Waals surface area contributed by atoms with Gasteiger partial charge >= 0.3 is 6.03 Å². The molecule has 0 radical (unpaired) electrons. The number of hydrogen-bond acceptors (Lipinski definition) is 5. The van der Waals surface area contributed by atoms with E-state index in [-0.39, 0.29) is 25.0 Å². The molecule has 3 amide bonds. The van der Waals surface area contributed by atoms with E-state index in [2.05, 4.69) is 20.9 Å². The summed E-state index contributed by atoms with van der Waals surface area (Å²) in [6, 6.07) is 5.65. The number of hydrogen-bond donors (Lipinski definition) is 3. The van der Waals surface area contributed by atoms with Crippen molar-refractivity contribution in [1.29, 1.82) is 0 Å². The average Bonchev–Trinajstić information content (AvgIpc) is 2.99. The summed E-state index contributed by atoms with van der Waals surface area (Å²) in [4.78, 5) is 29.0. The van der Waals surface area contributed by atoms with Gasteiger partial charge in [0.1, 0.15) is 12.4 Å². The van der Waals surface area contributed by atoms with E-state index in [9.17, 15) is 9.59 Å². The molecule has 1 aliphatic heterocycles. The second-order valence-electron chi connectivity index (χ2n) is 6.28. The van der Waals surface area contributed by atoms with Crippen molar-refractivity contribution in [3.05, 3.63) is 29.3 Å². The maximum atomic E-state index is 11.6. The number of amides is 3. The van der Waals surface area contributed by atoms with Crippen molar-refractivity contribution in [2.45, 2.75) is 20.4 Å². The molecule has 0 aromatic heterocycles. The van der Waals surface area contributed by atoms with Gasteiger partial charge in [0.25, 0.3) is 0 Å². The first-order valence-corrected chi connectivity index (χ1v) is 9.36. The van der Waals surface area contributed by atoms with Crippen molar-refractivity contribution in [2.75, 3.05) is 46.5 Å². The number of nitrogens with one attached hydrogen (secondary N) is 3. The zero-order chi connectivity index (χ0) is 20.4. The summed E-state index contributed by atoms with van der Waals surface area (Å²) in [6.07, 6.45) is 0. The van der Waals surface area contributed by atoms with Crippen molar-refractivity contribution in [3.8, 4) is 5.75 Å². The monoisotopic (exact) mass is 391 g/mol. The fourth-order valence-electron chi connectivity index (χ4n) is 2.64. The van der Waals surface area contributed by atoms with Crippen LogP contribution in [0, 0.1) is 6.92 Å². The quantitative estimate of drug-likeness (QED) is 0.234. The van der Waals surface area contributed by atoms with E-state index in [0.29, 0.717) is 38.8 Å². The summed E-state index contributed by atoms with van der Waals surface area (Å²) in [6.45, 7) is 6.86. The van der Waals surface area contributed by atoms with Crippen LogP contribution in [0.25, 0.3) is 0 Å². The van der Waals surface area contributed by atoms with Gasteiger partial charge < -0.3 is 25.4 Å². The van der Waals surface area contributed by atoms with E-state index in [1.54, 1.807) is 7.11 Å². The fourth-order valence-corrected chi connectivity index (χ4v) is 2.64. The lowest BCUT2D eigenvalue weighted by molar-refractivity contribution is -0.124. The molecule has 154 valence electrons. The molecular formula is C19H29N5O4. The van der Waals surface area contributed by atoms with E-state index in [1.165, 1.54) is 4.90 Å². The topological polar surface area (TPSA) is 104 Å². The molecular weight excluding hydrogens is 362 g/mol. The molecule has 0 atom stereocenters. The minimum absolute atomic E-state index is 0.0618. The average molecular weight is 391 g/mol. The predicted molar refractivity (Wildman–Crippen MR) is 106 cm³/mol. The van der Waals surface area contributed by atoms with Gasteiger partial charge in [-0.05, 0) is 25.5 Å². The van der Waals surface area contributed by atoms with Crippen molar-refractivity contribution in [2.24, 2.45) is 4.99 Å². The molecule has 2 rings (SSSR count). The number of benzene rings is 1. The Morgan fingerprint density at radius 1 is 1.29 bits per heavy atom. The van der Waals surface area contributed by atoms with Crippen LogP contribution >= 0.6 is 0 Å². The van der Waals surface area contributed by atoms with Gasteiger partial charge in [0.15, 0.2) is 5.96 Å². The van der Waals surface area contributed by atoms with Gasteiger partial charge in [-0.3, -0.25) is 9.69 Å². The highest BCUT2D eigenvalue weighted by molar-refractivity contribution is 6.01. The molecule has 9 heteroatoms. The Morgan fingerprint density at radius 2 is 2.11 bits per heavy atom. The third-order valence-electron chi connectivity index (χ3n) is 4.08. The van der Waals surface area contributed by atoms with Crippen molar-refractivity contribution >= 4 is 17.9 Å². The molecule has 1 heterocycles. The van der Waals surface area contributed by atoms with Crippen LogP contribution in [0.1, 0.15) is 18.1 Å². The van der Waals surface area contributed by atoms with E-state index < -0.39 is 0 Å². The zero-order valence-corrected chi connectivity index (χ0v) is 16.7. The van der Waals surface area contributed by atoms with Gasteiger partial charge in [0.2, 0.25) is 5.91 Å². The van der Waals surface area contributed by atoms with Crippen LogP contribution in [0.5, 0.6) is 5.75 Å². The Bertz CT molecular complexity index is 692. The van der Waals surface area contributed by atoms with Crippen LogP contribution in [0.3, 0.4) is 0 Å². The number of methoxy groups -OCH3 is 1. The maximum Gasteiger partial charge on any atom is 0.324 e. The second kappa shape index (κ2) is 11.1. The summed E-state index contributed by atoms with van der Waals surface area (Å²) in [5, 5.41) is 8.81. The number of nitrogens with zero attached hydrogens (tertiary/aromatic N) is 2. The highest BCUT2D eigenvalue weighted by Gasteiger charge is 2.27. The largest absolute Gasteiger partial charge is 0.491 e. The van der Waals surface area contributed by atoms with Gasteiger partial charge in [0.05, 0.1) is 19.7 Å². The minimum Gasteiger partial charge on any atom is -0.491 e. The molecule has 0 spiro atoms. The normalized spacial score (nSPS) is 14.2. The van der Waals surface area contributed by atoms with Crippen molar-refractivity contribution < 1.29 is 19.1 Å². The van der Waals surface area contributed by atoms with E-state index in [1.807, 2.05) is 32.0 Å². The second-order valence-corrected chi connectivity index (χ2v) is 6.28. The minimum atomic E-state index is -0.355. The van der Waals surface area contributed by atoms with Gasteiger partial charge in [-0.1, -0.05) is 12.1 Å². The fraction of sp³-hybridized carbons (Fsp3) is 0.526. The highest BCUT2D eigenvalue weighted by Crippen LogP contribution is 2.21. The molecule has 1 aliphatic rings. The van der Waals surface area contributed by atoms with Crippen molar-refractivity contribution in [3.63, 3.8) is 0 Å². The third kappa shape index (κ3) is 6.41. The number of aliphatic imine (C=N–C) groups is 1. The van der Waals surface area contributed by atoms with Crippen LogP contribution in [-0.4, -0.2) is 69.3 Å². The summed E-state index contributed by atoms with van der Waals surface area (Å²) in [5.74, 6) is 1.18. The number of imide groups is 1. The zero-order valence-electron chi connectivity index (χ0n) is 16.7. The summed E-state index contributed by atoms with van der Waals surface area (Å²) < 4.78 is 10.8. The molecule has 1 aromatic carbocycles. The molecule has 28 heavy (non-hydrogen) atoms. The highest BCUT2D eigenvalue weighted by atomic mass is 16.5. The van der Waals surface area contributed by atoms with Gasteiger partial charge in [-0.2, -0.15) is 0 Å². The Hall–Kier alpha value is -2.81.